The van der Waals surface area contributed by atoms with Crippen LogP contribution in [-0.2, 0) is 23.8 Å². The molecule has 0 bridgehead atoms. The Kier molecular flexibility index (Phi) is 9.78. The second-order valence-electron chi connectivity index (χ2n) is 8.88. The van der Waals surface area contributed by atoms with Gasteiger partial charge in [-0.1, -0.05) is 13.8 Å². The molecule has 0 heterocycles. The molecule has 0 aromatic carbocycles. The minimum absolute atomic E-state index is 0.0624. The third kappa shape index (κ3) is 13.1. The van der Waals surface area contributed by atoms with Crippen molar-refractivity contribution in [3.8, 4) is 0 Å². The Balaban J connectivity index is 4.94. The predicted molar refractivity (Wildman–Crippen MR) is 102 cm³/mol. The first kappa shape index (κ1) is 25.2. The first-order valence-electron chi connectivity index (χ1n) is 9.21. The number of rotatable bonds is 8. The summed E-state index contributed by atoms with van der Waals surface area (Å²) in [6.45, 7) is 16.2. The second kappa shape index (κ2) is 10.5. The van der Waals surface area contributed by atoms with E-state index in [1.165, 1.54) is 6.92 Å². The van der Waals surface area contributed by atoms with Gasteiger partial charge in [0.25, 0.3) is 0 Å². The molecular formula is C19H36N2O6. The largest absolute Gasteiger partial charge is 0.458 e. The molecule has 0 aromatic heterocycles. The van der Waals surface area contributed by atoms with Gasteiger partial charge < -0.3 is 24.8 Å². The highest BCUT2D eigenvalue weighted by Gasteiger charge is 2.29. The van der Waals surface area contributed by atoms with Gasteiger partial charge in [0, 0.05) is 0 Å². The normalized spacial score (nSPS) is 14.3. The molecule has 0 saturated heterocycles. The molecule has 0 spiro atoms. The van der Waals surface area contributed by atoms with E-state index >= 15 is 0 Å². The van der Waals surface area contributed by atoms with Gasteiger partial charge in [0.2, 0.25) is 5.91 Å². The molecule has 8 heteroatoms. The number of amides is 2. The molecule has 0 rings (SSSR count). The van der Waals surface area contributed by atoms with E-state index < -0.39 is 41.3 Å². The zero-order valence-electron chi connectivity index (χ0n) is 18.1. The van der Waals surface area contributed by atoms with Gasteiger partial charge in [0.15, 0.2) is 0 Å². The topological polar surface area (TPSA) is 103 Å². The molecule has 8 nitrogen and oxygen atoms in total. The van der Waals surface area contributed by atoms with Crippen molar-refractivity contribution in [2.75, 3.05) is 13.2 Å². The summed E-state index contributed by atoms with van der Waals surface area (Å²) in [5.41, 5.74) is -1.16. The Labute approximate surface area is 162 Å². The van der Waals surface area contributed by atoms with Crippen molar-refractivity contribution in [1.82, 2.24) is 10.6 Å². The second-order valence-corrected chi connectivity index (χ2v) is 8.88. The number of carbonyl (C=O) groups excluding carboxylic acids is 3. The Bertz CT molecular complexity index is 505. The quantitative estimate of drug-likeness (QED) is 0.619. The van der Waals surface area contributed by atoms with Gasteiger partial charge in [-0.05, 0) is 54.4 Å². The molecule has 0 aliphatic carbocycles. The first-order chi connectivity index (χ1) is 12.1. The Morgan fingerprint density at radius 1 is 0.852 bits per heavy atom. The molecule has 27 heavy (non-hydrogen) atoms. The standard InChI is InChI=1S/C19H36N2O6/c1-12(2)10-25-17(24)21-14(11-26-18(4,5)6)15(22)20-13(3)16(23)27-19(7,8)9/h12-14H,10-11H2,1-9H3,(H,20,22)(H,21,24). The van der Waals surface area contributed by atoms with Crippen LogP contribution in [0.1, 0.15) is 62.3 Å². The fourth-order valence-electron chi connectivity index (χ4n) is 1.71. The summed E-state index contributed by atoms with van der Waals surface area (Å²) in [4.78, 5) is 36.5. The maximum atomic E-state index is 12.5. The van der Waals surface area contributed by atoms with Crippen molar-refractivity contribution in [2.24, 2.45) is 5.92 Å². The van der Waals surface area contributed by atoms with Crippen LogP contribution in [0.25, 0.3) is 0 Å². The average Bonchev–Trinajstić information content (AvgIpc) is 2.46. The number of nitrogens with one attached hydrogen (secondary N) is 2. The molecule has 0 radical (unpaired) electrons. The molecule has 0 aliphatic rings. The van der Waals surface area contributed by atoms with E-state index in [2.05, 4.69) is 10.6 Å². The van der Waals surface area contributed by atoms with E-state index in [-0.39, 0.29) is 19.1 Å². The molecule has 0 aromatic rings. The maximum absolute atomic E-state index is 12.5. The fourth-order valence-corrected chi connectivity index (χ4v) is 1.71. The summed E-state index contributed by atoms with van der Waals surface area (Å²) in [6, 6.07) is -1.88. The van der Waals surface area contributed by atoms with E-state index in [4.69, 9.17) is 14.2 Å². The van der Waals surface area contributed by atoms with E-state index in [1.54, 1.807) is 20.8 Å². The highest BCUT2D eigenvalue weighted by atomic mass is 16.6. The number of alkyl carbamates (subject to hydrolysis) is 1. The molecule has 2 unspecified atom stereocenters. The van der Waals surface area contributed by atoms with Gasteiger partial charge in [-0.2, -0.15) is 0 Å². The van der Waals surface area contributed by atoms with Crippen LogP contribution in [0, 0.1) is 5.92 Å². The lowest BCUT2D eigenvalue weighted by Crippen LogP contribution is -2.54. The van der Waals surface area contributed by atoms with E-state index in [1.807, 2.05) is 34.6 Å². The maximum Gasteiger partial charge on any atom is 0.407 e. The van der Waals surface area contributed by atoms with Crippen LogP contribution in [0.4, 0.5) is 4.79 Å². The Hall–Kier alpha value is -1.83. The number of carbonyl (C=O) groups is 3. The van der Waals surface area contributed by atoms with E-state index in [9.17, 15) is 14.4 Å². The first-order valence-corrected chi connectivity index (χ1v) is 9.21. The van der Waals surface area contributed by atoms with Crippen LogP contribution in [-0.4, -0.2) is 54.5 Å². The molecule has 0 fully saturated rings. The third-order valence-electron chi connectivity index (χ3n) is 2.96. The fraction of sp³-hybridized carbons (Fsp3) is 0.842. The van der Waals surface area contributed by atoms with Gasteiger partial charge in [0.1, 0.15) is 17.7 Å². The summed E-state index contributed by atoms with van der Waals surface area (Å²) in [5.74, 6) is -0.950. The number of hydrogen-bond acceptors (Lipinski definition) is 6. The number of ether oxygens (including phenoxy) is 3. The molecular weight excluding hydrogens is 352 g/mol. The smallest absolute Gasteiger partial charge is 0.407 e. The van der Waals surface area contributed by atoms with E-state index in [0.717, 1.165) is 0 Å². The highest BCUT2D eigenvalue weighted by Crippen LogP contribution is 2.10. The molecule has 0 saturated carbocycles. The van der Waals surface area contributed by atoms with Crippen LogP contribution < -0.4 is 10.6 Å². The molecule has 2 amide bonds. The minimum atomic E-state index is -1.01. The number of esters is 1. The molecule has 0 aliphatic heterocycles. The highest BCUT2D eigenvalue weighted by molar-refractivity contribution is 5.89. The summed E-state index contributed by atoms with van der Waals surface area (Å²) >= 11 is 0. The van der Waals surface area contributed by atoms with Crippen molar-refractivity contribution < 1.29 is 28.6 Å². The molecule has 2 atom stereocenters. The minimum Gasteiger partial charge on any atom is -0.458 e. The zero-order valence-corrected chi connectivity index (χ0v) is 18.1. The monoisotopic (exact) mass is 388 g/mol. The van der Waals surface area contributed by atoms with Crippen LogP contribution in [0.3, 0.4) is 0 Å². The van der Waals surface area contributed by atoms with Crippen LogP contribution >= 0.6 is 0 Å². The van der Waals surface area contributed by atoms with Gasteiger partial charge in [-0.3, -0.25) is 4.79 Å². The molecule has 2 N–H and O–H groups in total. The van der Waals surface area contributed by atoms with Crippen LogP contribution in [0.15, 0.2) is 0 Å². The van der Waals surface area contributed by atoms with E-state index in [0.29, 0.717) is 0 Å². The van der Waals surface area contributed by atoms with Gasteiger partial charge in [0.05, 0.1) is 18.8 Å². The Morgan fingerprint density at radius 2 is 1.41 bits per heavy atom. The van der Waals surface area contributed by atoms with Crippen molar-refractivity contribution in [3.63, 3.8) is 0 Å². The zero-order chi connectivity index (χ0) is 21.4. The third-order valence-corrected chi connectivity index (χ3v) is 2.96. The van der Waals surface area contributed by atoms with Crippen molar-refractivity contribution in [1.29, 1.82) is 0 Å². The average molecular weight is 389 g/mol. The number of hydrogen-bond donors (Lipinski definition) is 2. The van der Waals surface area contributed by atoms with Crippen LogP contribution in [0.2, 0.25) is 0 Å². The Morgan fingerprint density at radius 3 is 1.85 bits per heavy atom. The summed E-state index contributed by atoms with van der Waals surface area (Å²) in [5, 5.41) is 5.03. The summed E-state index contributed by atoms with van der Waals surface area (Å²) in [6.07, 6.45) is -0.716. The van der Waals surface area contributed by atoms with Crippen molar-refractivity contribution >= 4 is 18.0 Å². The summed E-state index contributed by atoms with van der Waals surface area (Å²) in [7, 11) is 0. The van der Waals surface area contributed by atoms with Crippen molar-refractivity contribution in [3.05, 3.63) is 0 Å². The van der Waals surface area contributed by atoms with Gasteiger partial charge in [-0.15, -0.1) is 0 Å². The van der Waals surface area contributed by atoms with Gasteiger partial charge >= 0.3 is 12.1 Å². The SMILES string of the molecule is CC(C)COC(=O)NC(COC(C)(C)C)C(=O)NC(C)C(=O)OC(C)(C)C. The summed E-state index contributed by atoms with van der Waals surface area (Å²) < 4.78 is 15.9. The predicted octanol–water partition coefficient (Wildman–Crippen LogP) is 2.40. The molecule has 158 valence electrons. The lowest BCUT2D eigenvalue weighted by atomic mass is 10.2. The van der Waals surface area contributed by atoms with Gasteiger partial charge in [-0.25, -0.2) is 9.59 Å². The van der Waals surface area contributed by atoms with Crippen molar-refractivity contribution in [2.45, 2.75) is 85.6 Å². The van der Waals surface area contributed by atoms with Crippen LogP contribution in [0.5, 0.6) is 0 Å². The lowest BCUT2D eigenvalue weighted by Gasteiger charge is -2.26. The lowest BCUT2D eigenvalue weighted by molar-refractivity contribution is -0.158.